The average molecular weight is 331 g/mol. The standard InChI is InChI=1S/C11H6BrClFN3O/c12-6-2-1-3-7(14)10(6)15-11(18)8-4-5-9(13)17-16-8/h1-5H,(H,15,18). The molecule has 1 heterocycles. The van der Waals surface area contributed by atoms with Crippen molar-refractivity contribution < 1.29 is 9.18 Å². The minimum Gasteiger partial charge on any atom is -0.317 e. The number of hydrogen-bond donors (Lipinski definition) is 1. The third kappa shape index (κ3) is 2.83. The monoisotopic (exact) mass is 329 g/mol. The average Bonchev–Trinajstić information content (AvgIpc) is 2.34. The van der Waals surface area contributed by atoms with Crippen LogP contribution in [0.15, 0.2) is 34.8 Å². The van der Waals surface area contributed by atoms with E-state index in [1.807, 2.05) is 0 Å². The van der Waals surface area contributed by atoms with Crippen molar-refractivity contribution in [2.24, 2.45) is 0 Å². The van der Waals surface area contributed by atoms with Crippen LogP contribution in [0.4, 0.5) is 10.1 Å². The van der Waals surface area contributed by atoms with Gasteiger partial charge in [-0.05, 0) is 40.2 Å². The second kappa shape index (κ2) is 5.41. The molecule has 1 aromatic carbocycles. The van der Waals surface area contributed by atoms with Crippen molar-refractivity contribution in [1.82, 2.24) is 10.2 Å². The van der Waals surface area contributed by atoms with Gasteiger partial charge in [-0.15, -0.1) is 10.2 Å². The molecule has 7 heteroatoms. The second-order valence-electron chi connectivity index (χ2n) is 3.29. The van der Waals surface area contributed by atoms with E-state index in [1.54, 1.807) is 6.07 Å². The largest absolute Gasteiger partial charge is 0.317 e. The molecule has 4 nitrogen and oxygen atoms in total. The Bertz CT molecular complexity index is 571. The Balaban J connectivity index is 2.24. The number of carbonyl (C=O) groups is 1. The summed E-state index contributed by atoms with van der Waals surface area (Å²) in [5.74, 6) is -1.11. The molecule has 1 amide bonds. The first-order chi connectivity index (χ1) is 8.58. The Morgan fingerprint density at radius 1 is 1.28 bits per heavy atom. The summed E-state index contributed by atoms with van der Waals surface area (Å²) in [6.07, 6.45) is 0. The number of para-hydroxylation sites is 1. The van der Waals surface area contributed by atoms with Crippen molar-refractivity contribution in [2.45, 2.75) is 0 Å². The van der Waals surface area contributed by atoms with Crippen LogP contribution in [0.5, 0.6) is 0 Å². The van der Waals surface area contributed by atoms with Crippen molar-refractivity contribution >= 4 is 39.1 Å². The van der Waals surface area contributed by atoms with Gasteiger partial charge in [0.25, 0.3) is 5.91 Å². The number of nitrogens with zero attached hydrogens (tertiary/aromatic N) is 2. The van der Waals surface area contributed by atoms with E-state index < -0.39 is 11.7 Å². The molecule has 0 fully saturated rings. The number of carbonyl (C=O) groups excluding carboxylic acids is 1. The van der Waals surface area contributed by atoms with Gasteiger partial charge in [0.2, 0.25) is 0 Å². The molecule has 0 atom stereocenters. The normalized spacial score (nSPS) is 10.2. The Labute approximate surface area is 115 Å². The van der Waals surface area contributed by atoms with E-state index in [4.69, 9.17) is 11.6 Å². The van der Waals surface area contributed by atoms with Crippen LogP contribution < -0.4 is 5.32 Å². The van der Waals surface area contributed by atoms with Crippen LogP contribution in [0.2, 0.25) is 5.15 Å². The molecular formula is C11H6BrClFN3O. The predicted octanol–water partition coefficient (Wildman–Crippen LogP) is 3.28. The number of aromatic nitrogens is 2. The molecule has 0 saturated carbocycles. The van der Waals surface area contributed by atoms with E-state index in [9.17, 15) is 9.18 Å². The lowest BCUT2D eigenvalue weighted by Gasteiger charge is -2.07. The third-order valence-electron chi connectivity index (χ3n) is 2.07. The summed E-state index contributed by atoms with van der Waals surface area (Å²) in [6, 6.07) is 7.22. The zero-order valence-electron chi connectivity index (χ0n) is 8.82. The summed E-state index contributed by atoms with van der Waals surface area (Å²) in [4.78, 5) is 11.8. The van der Waals surface area contributed by atoms with Crippen LogP contribution in [-0.4, -0.2) is 16.1 Å². The fourth-order valence-electron chi connectivity index (χ4n) is 1.23. The van der Waals surface area contributed by atoms with Crippen LogP contribution in [0.25, 0.3) is 0 Å². The van der Waals surface area contributed by atoms with Crippen molar-refractivity contribution in [3.8, 4) is 0 Å². The molecule has 0 aliphatic carbocycles. The lowest BCUT2D eigenvalue weighted by Crippen LogP contribution is -2.15. The number of amides is 1. The van der Waals surface area contributed by atoms with Gasteiger partial charge in [0, 0.05) is 4.47 Å². The van der Waals surface area contributed by atoms with Gasteiger partial charge in [0.15, 0.2) is 10.8 Å². The smallest absolute Gasteiger partial charge is 0.276 e. The highest BCUT2D eigenvalue weighted by atomic mass is 79.9. The van der Waals surface area contributed by atoms with Crippen LogP contribution in [0, 0.1) is 5.82 Å². The molecule has 0 aliphatic heterocycles. The first kappa shape index (κ1) is 12.9. The lowest BCUT2D eigenvalue weighted by molar-refractivity contribution is 0.102. The van der Waals surface area contributed by atoms with E-state index in [0.29, 0.717) is 4.47 Å². The van der Waals surface area contributed by atoms with Gasteiger partial charge < -0.3 is 5.32 Å². The summed E-state index contributed by atoms with van der Waals surface area (Å²) in [5, 5.41) is 9.72. The first-order valence-corrected chi connectivity index (χ1v) is 5.99. The predicted molar refractivity (Wildman–Crippen MR) is 69.1 cm³/mol. The van der Waals surface area contributed by atoms with Gasteiger partial charge in [0.1, 0.15) is 5.82 Å². The number of anilines is 1. The van der Waals surface area contributed by atoms with E-state index in [1.165, 1.54) is 24.3 Å². The molecule has 0 saturated heterocycles. The van der Waals surface area contributed by atoms with Gasteiger partial charge in [0.05, 0.1) is 5.69 Å². The maximum Gasteiger partial charge on any atom is 0.276 e. The zero-order chi connectivity index (χ0) is 13.1. The third-order valence-corrected chi connectivity index (χ3v) is 2.93. The first-order valence-electron chi connectivity index (χ1n) is 4.82. The maximum absolute atomic E-state index is 13.5. The highest BCUT2D eigenvalue weighted by Gasteiger charge is 2.13. The fourth-order valence-corrected chi connectivity index (χ4v) is 1.77. The Hall–Kier alpha value is -1.53. The van der Waals surface area contributed by atoms with Crippen LogP contribution in [-0.2, 0) is 0 Å². The maximum atomic E-state index is 13.5. The molecule has 0 aliphatic rings. The SMILES string of the molecule is O=C(Nc1c(F)cccc1Br)c1ccc(Cl)nn1. The van der Waals surface area contributed by atoms with Gasteiger partial charge in [-0.1, -0.05) is 17.7 Å². The second-order valence-corrected chi connectivity index (χ2v) is 4.53. The topological polar surface area (TPSA) is 54.9 Å². The molecule has 0 unspecified atom stereocenters. The molecule has 0 bridgehead atoms. The Kier molecular flexibility index (Phi) is 3.88. The van der Waals surface area contributed by atoms with E-state index in [2.05, 4.69) is 31.4 Å². The van der Waals surface area contributed by atoms with E-state index >= 15 is 0 Å². The Morgan fingerprint density at radius 2 is 2.06 bits per heavy atom. The quantitative estimate of drug-likeness (QED) is 0.919. The van der Waals surface area contributed by atoms with Crippen molar-refractivity contribution in [2.75, 3.05) is 5.32 Å². The molecule has 0 spiro atoms. The van der Waals surface area contributed by atoms with Gasteiger partial charge in [-0.3, -0.25) is 4.79 Å². The minimum absolute atomic E-state index is 0.0505. The lowest BCUT2D eigenvalue weighted by atomic mass is 10.3. The van der Waals surface area contributed by atoms with E-state index in [-0.39, 0.29) is 16.5 Å². The molecule has 1 aromatic heterocycles. The fraction of sp³-hybridized carbons (Fsp3) is 0. The number of nitrogens with one attached hydrogen (secondary N) is 1. The van der Waals surface area contributed by atoms with Gasteiger partial charge in [-0.25, -0.2) is 4.39 Å². The van der Waals surface area contributed by atoms with Crippen LogP contribution in [0.1, 0.15) is 10.5 Å². The van der Waals surface area contributed by atoms with Gasteiger partial charge >= 0.3 is 0 Å². The summed E-state index contributed by atoms with van der Waals surface area (Å²) in [6.45, 7) is 0. The summed E-state index contributed by atoms with van der Waals surface area (Å²) in [5.41, 5.74) is 0.105. The molecule has 2 rings (SSSR count). The highest BCUT2D eigenvalue weighted by Crippen LogP contribution is 2.25. The van der Waals surface area contributed by atoms with Crippen LogP contribution >= 0.6 is 27.5 Å². The molecular weight excluding hydrogens is 324 g/mol. The molecule has 92 valence electrons. The van der Waals surface area contributed by atoms with E-state index in [0.717, 1.165) is 0 Å². The van der Waals surface area contributed by atoms with Crippen molar-refractivity contribution in [3.63, 3.8) is 0 Å². The molecule has 2 aromatic rings. The summed E-state index contributed by atoms with van der Waals surface area (Å²) in [7, 11) is 0. The number of benzene rings is 1. The molecule has 1 N–H and O–H groups in total. The number of halogens is 3. The highest BCUT2D eigenvalue weighted by molar-refractivity contribution is 9.10. The summed E-state index contributed by atoms with van der Waals surface area (Å²) >= 11 is 8.70. The van der Waals surface area contributed by atoms with Crippen molar-refractivity contribution in [1.29, 1.82) is 0 Å². The van der Waals surface area contributed by atoms with Crippen LogP contribution in [0.3, 0.4) is 0 Å². The zero-order valence-corrected chi connectivity index (χ0v) is 11.2. The molecule has 0 radical (unpaired) electrons. The van der Waals surface area contributed by atoms with Gasteiger partial charge in [-0.2, -0.15) is 0 Å². The minimum atomic E-state index is -0.565. The van der Waals surface area contributed by atoms with Crippen molar-refractivity contribution in [3.05, 3.63) is 51.5 Å². The number of rotatable bonds is 2. The molecule has 18 heavy (non-hydrogen) atoms. The Morgan fingerprint density at radius 3 is 2.67 bits per heavy atom. The summed E-state index contributed by atoms with van der Waals surface area (Å²) < 4.78 is 13.9. The number of hydrogen-bond acceptors (Lipinski definition) is 3.